The molecule has 0 aliphatic rings. The number of hydrogen-bond donors (Lipinski definition) is 0. The average Bonchev–Trinajstić information content (AvgIpc) is 2.04. The van der Waals surface area contributed by atoms with Crippen LogP contribution in [-0.2, 0) is 0 Å². The molecule has 0 amide bonds. The molecule has 0 saturated heterocycles. The third kappa shape index (κ3) is 7.59. The topological polar surface area (TPSA) is 0 Å². The second kappa shape index (κ2) is 7.36. The Balaban J connectivity index is 3.19. The van der Waals surface area contributed by atoms with E-state index in [0.717, 1.165) is 0 Å². The molecule has 0 aromatic heterocycles. The van der Waals surface area contributed by atoms with E-state index in [1.54, 1.807) is 0 Å². The Labute approximate surface area is 91.5 Å². The summed E-state index contributed by atoms with van der Waals surface area (Å²) < 4.78 is 0.506. The van der Waals surface area contributed by atoms with Gasteiger partial charge in [0.2, 0.25) is 0 Å². The van der Waals surface area contributed by atoms with Crippen molar-refractivity contribution in [1.82, 2.24) is 0 Å². The third-order valence-corrected chi connectivity index (χ3v) is 3.91. The number of rotatable bonds is 7. The Kier molecular flexibility index (Phi) is 7.94. The van der Waals surface area contributed by atoms with Crippen LogP contribution in [0.5, 0.6) is 0 Å². The van der Waals surface area contributed by atoms with E-state index in [4.69, 9.17) is 0 Å². The molecule has 12 heavy (non-hydrogen) atoms. The molecule has 68 valence electrons. The molecule has 0 saturated carbocycles. The van der Waals surface area contributed by atoms with Gasteiger partial charge in [0.05, 0.1) is 0 Å². The molecule has 0 aromatic carbocycles. The second-order valence-electron chi connectivity index (χ2n) is 4.02. The van der Waals surface area contributed by atoms with Gasteiger partial charge in [-0.1, -0.05) is 0 Å². The summed E-state index contributed by atoms with van der Waals surface area (Å²) >= 11 is 4.40. The molecule has 0 aliphatic heterocycles. The Morgan fingerprint density at radius 2 is 1.83 bits per heavy atom. The summed E-state index contributed by atoms with van der Waals surface area (Å²) in [7, 11) is 0. The molecule has 0 atom stereocenters. The van der Waals surface area contributed by atoms with Crippen molar-refractivity contribution in [3.63, 3.8) is 0 Å². The first kappa shape index (κ1) is 12.9. The van der Waals surface area contributed by atoms with Gasteiger partial charge in [-0.15, -0.1) is 0 Å². The summed E-state index contributed by atoms with van der Waals surface area (Å²) in [6.07, 6.45) is 5.52. The van der Waals surface area contributed by atoms with Gasteiger partial charge in [0.15, 0.2) is 0 Å². The van der Waals surface area contributed by atoms with E-state index in [9.17, 15) is 0 Å². The Morgan fingerprint density at radius 1 is 1.17 bits per heavy atom. The van der Waals surface area contributed by atoms with Crippen LogP contribution in [0.15, 0.2) is 0 Å². The normalized spacial score (nSPS) is 12.1. The van der Waals surface area contributed by atoms with E-state index in [0.29, 0.717) is 4.75 Å². The van der Waals surface area contributed by atoms with E-state index < -0.39 is 0 Å². The van der Waals surface area contributed by atoms with Crippen molar-refractivity contribution < 1.29 is 0 Å². The van der Waals surface area contributed by atoms with E-state index in [2.05, 4.69) is 50.2 Å². The zero-order valence-electron chi connectivity index (χ0n) is 9.15. The van der Waals surface area contributed by atoms with Crippen LogP contribution >= 0.6 is 11.8 Å². The van der Waals surface area contributed by atoms with E-state index >= 15 is 0 Å². The van der Waals surface area contributed by atoms with Gasteiger partial charge >= 0.3 is 91.5 Å². The van der Waals surface area contributed by atoms with Crippen LogP contribution in [-0.4, -0.2) is 28.2 Å². The van der Waals surface area contributed by atoms with Crippen molar-refractivity contribution in [2.24, 2.45) is 0 Å². The minimum atomic E-state index is 0.506. The second-order valence-corrected chi connectivity index (χ2v) is 5.82. The molecule has 0 spiro atoms. The van der Waals surface area contributed by atoms with Gasteiger partial charge in [-0.2, -0.15) is 0 Å². The predicted octanol–water partition coefficient (Wildman–Crippen LogP) is 3.67. The molecule has 0 aromatic rings. The Morgan fingerprint density at radius 3 is 2.33 bits per heavy atom. The van der Waals surface area contributed by atoms with Crippen LogP contribution in [0.25, 0.3) is 0 Å². The van der Waals surface area contributed by atoms with Crippen molar-refractivity contribution in [3.05, 3.63) is 0 Å². The average molecular weight is 180 g/mol. The minimum absolute atomic E-state index is 0.506. The van der Waals surface area contributed by atoms with Gasteiger partial charge in [-0.3, -0.25) is 0 Å². The summed E-state index contributed by atoms with van der Waals surface area (Å²) in [5.74, 6) is 1.35. The van der Waals surface area contributed by atoms with Crippen LogP contribution in [0.2, 0.25) is 5.09 Å². The van der Waals surface area contributed by atoms with E-state index in [-0.39, 0.29) is 0 Å². The fourth-order valence-corrected chi connectivity index (χ4v) is 2.08. The monoisotopic (exact) mass is 180 g/mol. The zero-order valence-corrected chi connectivity index (χ0v) is 9.97. The quantitative estimate of drug-likeness (QED) is 0.425. The summed E-state index contributed by atoms with van der Waals surface area (Å²) in [5, 5.41) is 1.35. The van der Waals surface area contributed by atoms with Crippen molar-refractivity contribution in [2.75, 3.05) is 5.75 Å². The summed E-state index contributed by atoms with van der Waals surface area (Å²) in [5.41, 5.74) is 0. The van der Waals surface area contributed by atoms with Gasteiger partial charge in [0.1, 0.15) is 0 Å². The first-order valence-electron chi connectivity index (χ1n) is 5.26. The van der Waals surface area contributed by atoms with Crippen molar-refractivity contribution >= 4 is 29.5 Å². The van der Waals surface area contributed by atoms with E-state index in [1.807, 2.05) is 0 Å². The van der Waals surface area contributed by atoms with Crippen LogP contribution in [0.3, 0.4) is 0 Å². The predicted molar refractivity (Wildman–Crippen MR) is 61.2 cm³/mol. The summed E-state index contributed by atoms with van der Waals surface area (Å²) in [6.45, 7) is 6.97. The number of unbranched alkanes of at least 4 members (excludes halogenated alkanes) is 2. The van der Waals surface area contributed by atoms with Gasteiger partial charge in [0, 0.05) is 0 Å². The molecule has 0 unspecified atom stereocenters. The molecule has 2 heteroatoms. The van der Waals surface area contributed by atoms with Crippen molar-refractivity contribution in [2.45, 2.75) is 56.3 Å². The zero-order chi connectivity index (χ0) is 9.45. The third-order valence-electron chi connectivity index (χ3n) is 2.34. The van der Waals surface area contributed by atoms with Crippen LogP contribution in [0, 0.1) is 0 Å². The van der Waals surface area contributed by atoms with Crippen LogP contribution in [0.4, 0.5) is 0 Å². The molecule has 0 heterocycles. The fraction of sp³-hybridized carbons (Fsp3) is 1.00. The molecule has 0 radical (unpaired) electrons. The maximum atomic E-state index is 2.34. The maximum absolute atomic E-state index is 2.34. The number of thioether (sulfide) groups is 1. The van der Waals surface area contributed by atoms with Gasteiger partial charge < -0.3 is 0 Å². The van der Waals surface area contributed by atoms with Crippen LogP contribution in [0.1, 0.15) is 46.5 Å². The van der Waals surface area contributed by atoms with Crippen molar-refractivity contribution in [3.8, 4) is 0 Å². The first-order valence-corrected chi connectivity index (χ1v) is 6.25. The standard InChI is InChI=1S/C10H21S.Li/c1-5-7-8-9-11-10(3,4)6-2;/h1,5-9H2,2-4H3;. The first-order chi connectivity index (χ1) is 5.62. The van der Waals surface area contributed by atoms with E-state index in [1.165, 1.54) is 36.5 Å². The summed E-state index contributed by atoms with van der Waals surface area (Å²) in [6, 6.07) is 0. The molecule has 0 fully saturated rings. The van der Waals surface area contributed by atoms with Gasteiger partial charge in [-0.25, -0.2) is 0 Å². The fourth-order valence-electron chi connectivity index (χ4n) is 0.979. The molecule has 0 rings (SSSR count). The van der Waals surface area contributed by atoms with Gasteiger partial charge in [-0.05, 0) is 0 Å². The molecule has 0 bridgehead atoms. The van der Waals surface area contributed by atoms with Crippen molar-refractivity contribution in [1.29, 1.82) is 0 Å². The molecule has 0 nitrogen and oxygen atoms in total. The molecular formula is C10H21LiS. The number of hydrogen-bond acceptors (Lipinski definition) is 1. The van der Waals surface area contributed by atoms with Gasteiger partial charge in [0.25, 0.3) is 0 Å². The SMILES string of the molecule is [Li][CH2]CCCCSC(C)(C)CC. The van der Waals surface area contributed by atoms with Crippen LogP contribution < -0.4 is 0 Å². The molecule has 0 aliphatic carbocycles. The molecular weight excluding hydrogens is 159 g/mol. The summed E-state index contributed by atoms with van der Waals surface area (Å²) in [4.78, 5) is 0. The Bertz CT molecular complexity index is 102. The molecule has 0 N–H and O–H groups in total. The Hall–Kier alpha value is 0.947.